The zero-order chi connectivity index (χ0) is 23.4. The molecule has 168 valence electrons. The number of furan rings is 1. The SMILES string of the molecule is CC(C)Cc1cccc2ccc3c(-c4cccc5c4oc4ccccc45)nc(C(C)C)nc3c12. The molecule has 6 rings (SSSR count). The minimum atomic E-state index is 0.213. The van der Waals surface area contributed by atoms with Gasteiger partial charge in [-0.1, -0.05) is 82.3 Å². The highest BCUT2D eigenvalue weighted by molar-refractivity contribution is 6.14. The number of fused-ring (bicyclic) bond motifs is 6. The largest absolute Gasteiger partial charge is 0.455 e. The molecular weight excluding hydrogens is 416 g/mol. The van der Waals surface area contributed by atoms with Crippen molar-refractivity contribution in [3.63, 3.8) is 0 Å². The van der Waals surface area contributed by atoms with E-state index in [4.69, 9.17) is 14.4 Å². The average Bonchev–Trinajstić information content (AvgIpc) is 3.22. The summed E-state index contributed by atoms with van der Waals surface area (Å²) in [6.07, 6.45) is 1.02. The van der Waals surface area contributed by atoms with E-state index in [2.05, 4.69) is 88.4 Å². The lowest BCUT2D eigenvalue weighted by molar-refractivity contribution is 0.650. The molecule has 4 aromatic carbocycles. The first-order valence-electron chi connectivity index (χ1n) is 12.1. The molecule has 6 aromatic rings. The van der Waals surface area contributed by atoms with Crippen LogP contribution in [-0.4, -0.2) is 9.97 Å². The van der Waals surface area contributed by atoms with E-state index in [1.54, 1.807) is 0 Å². The van der Waals surface area contributed by atoms with E-state index in [1.807, 2.05) is 12.1 Å². The van der Waals surface area contributed by atoms with Crippen molar-refractivity contribution in [1.82, 2.24) is 9.97 Å². The van der Waals surface area contributed by atoms with Gasteiger partial charge in [-0.2, -0.15) is 0 Å². The molecule has 0 fully saturated rings. The smallest absolute Gasteiger partial charge is 0.144 e. The van der Waals surface area contributed by atoms with Crippen LogP contribution < -0.4 is 0 Å². The fourth-order valence-corrected chi connectivity index (χ4v) is 5.06. The third-order valence-electron chi connectivity index (χ3n) is 6.62. The van der Waals surface area contributed by atoms with Crippen molar-refractivity contribution in [2.24, 2.45) is 5.92 Å². The molecule has 3 heteroatoms. The molecule has 0 bridgehead atoms. The normalized spacial score (nSPS) is 12.2. The number of nitrogens with zero attached hydrogens (tertiary/aromatic N) is 2. The first kappa shape index (κ1) is 20.9. The van der Waals surface area contributed by atoms with Crippen LogP contribution in [0.5, 0.6) is 0 Å². The molecular formula is C31H28N2O. The number of aromatic nitrogens is 2. The Morgan fingerprint density at radius 2 is 1.53 bits per heavy atom. The summed E-state index contributed by atoms with van der Waals surface area (Å²) < 4.78 is 6.39. The van der Waals surface area contributed by atoms with Crippen molar-refractivity contribution in [1.29, 1.82) is 0 Å². The number of hydrogen-bond acceptors (Lipinski definition) is 3. The lowest BCUT2D eigenvalue weighted by atomic mass is 9.93. The quantitative estimate of drug-likeness (QED) is 0.255. The summed E-state index contributed by atoms with van der Waals surface area (Å²) in [7, 11) is 0. The summed E-state index contributed by atoms with van der Waals surface area (Å²) in [5.41, 5.74) is 6.13. The maximum atomic E-state index is 6.39. The van der Waals surface area contributed by atoms with Crippen LogP contribution in [0.1, 0.15) is 45.0 Å². The first-order chi connectivity index (χ1) is 16.5. The standard InChI is InChI=1S/C31H28N2O/c1-18(2)17-21-10-7-9-20-15-16-24-28(32-31(19(3)4)33-29(24)27(20)21)25-13-8-12-23-22-11-5-6-14-26(22)34-30(23)25/h5-16,18-19H,17H2,1-4H3. The van der Waals surface area contributed by atoms with E-state index in [1.165, 1.54) is 16.3 Å². The number of para-hydroxylation sites is 2. The van der Waals surface area contributed by atoms with Crippen molar-refractivity contribution in [3.05, 3.63) is 84.2 Å². The maximum absolute atomic E-state index is 6.39. The van der Waals surface area contributed by atoms with E-state index < -0.39 is 0 Å². The van der Waals surface area contributed by atoms with Gasteiger partial charge in [-0.3, -0.25) is 0 Å². The fourth-order valence-electron chi connectivity index (χ4n) is 5.06. The first-order valence-corrected chi connectivity index (χ1v) is 12.1. The van der Waals surface area contributed by atoms with Crippen LogP contribution in [-0.2, 0) is 6.42 Å². The summed E-state index contributed by atoms with van der Waals surface area (Å²) in [5, 5.41) is 5.79. The highest BCUT2D eigenvalue weighted by Gasteiger charge is 2.19. The molecule has 0 radical (unpaired) electrons. The Bertz CT molecular complexity index is 1690. The van der Waals surface area contributed by atoms with Gasteiger partial charge in [-0.15, -0.1) is 0 Å². The van der Waals surface area contributed by atoms with Gasteiger partial charge in [0.2, 0.25) is 0 Å². The second-order valence-corrected chi connectivity index (χ2v) is 9.94. The van der Waals surface area contributed by atoms with Gasteiger partial charge in [0.15, 0.2) is 0 Å². The molecule has 0 N–H and O–H groups in total. The Morgan fingerprint density at radius 1 is 0.735 bits per heavy atom. The van der Waals surface area contributed by atoms with Gasteiger partial charge in [-0.25, -0.2) is 9.97 Å². The summed E-state index contributed by atoms with van der Waals surface area (Å²) in [6.45, 7) is 8.86. The van der Waals surface area contributed by atoms with Crippen LogP contribution in [0.4, 0.5) is 0 Å². The van der Waals surface area contributed by atoms with Crippen LogP contribution in [0.2, 0.25) is 0 Å². The fraction of sp³-hybridized carbons (Fsp3) is 0.226. The monoisotopic (exact) mass is 444 g/mol. The highest BCUT2D eigenvalue weighted by Crippen LogP contribution is 2.39. The molecule has 0 spiro atoms. The lowest BCUT2D eigenvalue weighted by Crippen LogP contribution is -2.03. The maximum Gasteiger partial charge on any atom is 0.144 e. The third-order valence-corrected chi connectivity index (χ3v) is 6.62. The second-order valence-electron chi connectivity index (χ2n) is 9.94. The van der Waals surface area contributed by atoms with Crippen LogP contribution in [0.15, 0.2) is 77.2 Å². The summed E-state index contributed by atoms with van der Waals surface area (Å²) in [4.78, 5) is 10.3. The molecule has 0 atom stereocenters. The summed E-state index contributed by atoms with van der Waals surface area (Å²) in [5.74, 6) is 1.64. The van der Waals surface area contributed by atoms with Gasteiger partial charge < -0.3 is 4.42 Å². The van der Waals surface area contributed by atoms with Gasteiger partial charge in [0.05, 0.1) is 11.2 Å². The predicted octanol–water partition coefficient (Wildman–Crippen LogP) is 8.67. The van der Waals surface area contributed by atoms with Crippen LogP contribution in [0.3, 0.4) is 0 Å². The zero-order valence-electron chi connectivity index (χ0n) is 20.1. The number of hydrogen-bond donors (Lipinski definition) is 0. The predicted molar refractivity (Wildman–Crippen MR) is 142 cm³/mol. The second kappa shape index (κ2) is 7.95. The van der Waals surface area contributed by atoms with E-state index in [9.17, 15) is 0 Å². The summed E-state index contributed by atoms with van der Waals surface area (Å²) in [6, 6.07) is 25.6. The number of rotatable bonds is 4. The topological polar surface area (TPSA) is 38.9 Å². The Morgan fingerprint density at radius 3 is 2.35 bits per heavy atom. The Balaban J connectivity index is 1.74. The molecule has 0 aliphatic carbocycles. The lowest BCUT2D eigenvalue weighted by Gasteiger charge is -2.15. The van der Waals surface area contributed by atoms with Crippen molar-refractivity contribution < 1.29 is 4.42 Å². The van der Waals surface area contributed by atoms with E-state index >= 15 is 0 Å². The van der Waals surface area contributed by atoms with Gasteiger partial charge in [-0.05, 0) is 41.5 Å². The minimum Gasteiger partial charge on any atom is -0.455 e. The third kappa shape index (κ3) is 3.27. The highest BCUT2D eigenvalue weighted by atomic mass is 16.3. The van der Waals surface area contributed by atoms with Crippen molar-refractivity contribution in [2.45, 2.75) is 40.0 Å². The Hall–Kier alpha value is -3.72. The molecule has 34 heavy (non-hydrogen) atoms. The van der Waals surface area contributed by atoms with E-state index in [-0.39, 0.29) is 5.92 Å². The van der Waals surface area contributed by atoms with Crippen LogP contribution >= 0.6 is 0 Å². The van der Waals surface area contributed by atoms with E-state index in [0.717, 1.165) is 56.3 Å². The minimum absolute atomic E-state index is 0.213. The van der Waals surface area contributed by atoms with Gasteiger partial charge >= 0.3 is 0 Å². The van der Waals surface area contributed by atoms with Gasteiger partial charge in [0, 0.05) is 33.0 Å². The van der Waals surface area contributed by atoms with Crippen molar-refractivity contribution in [2.75, 3.05) is 0 Å². The van der Waals surface area contributed by atoms with Crippen molar-refractivity contribution >= 4 is 43.6 Å². The molecule has 0 saturated carbocycles. The molecule has 0 aliphatic heterocycles. The summed E-state index contributed by atoms with van der Waals surface area (Å²) >= 11 is 0. The zero-order valence-corrected chi connectivity index (χ0v) is 20.1. The average molecular weight is 445 g/mol. The molecule has 2 heterocycles. The van der Waals surface area contributed by atoms with Crippen LogP contribution in [0.25, 0.3) is 54.9 Å². The molecule has 0 unspecified atom stereocenters. The van der Waals surface area contributed by atoms with Crippen LogP contribution in [0, 0.1) is 5.92 Å². The number of benzene rings is 4. The molecule has 0 saturated heterocycles. The Kier molecular flexibility index (Phi) is 4.88. The molecule has 0 amide bonds. The van der Waals surface area contributed by atoms with Crippen molar-refractivity contribution in [3.8, 4) is 11.3 Å². The molecule has 2 aromatic heterocycles. The van der Waals surface area contributed by atoms with Gasteiger partial charge in [0.1, 0.15) is 17.0 Å². The van der Waals surface area contributed by atoms with E-state index in [0.29, 0.717) is 5.92 Å². The Labute approximate surface area is 199 Å². The van der Waals surface area contributed by atoms with Gasteiger partial charge in [0.25, 0.3) is 0 Å². The molecule has 0 aliphatic rings. The molecule has 3 nitrogen and oxygen atoms in total.